The van der Waals surface area contributed by atoms with Crippen molar-refractivity contribution >= 4 is 12.6 Å². The molecule has 1 aromatic carbocycles. The zero-order valence-electron chi connectivity index (χ0n) is 11.6. The molecular weight excluding hydrogens is 271 g/mol. The van der Waals surface area contributed by atoms with Crippen LogP contribution >= 0.6 is 12.6 Å². The van der Waals surface area contributed by atoms with Crippen LogP contribution in [-0.4, -0.2) is 13.1 Å². The van der Waals surface area contributed by atoms with E-state index in [0.29, 0.717) is 4.90 Å². The summed E-state index contributed by atoms with van der Waals surface area (Å²) in [5.74, 6) is 0.935. The van der Waals surface area contributed by atoms with Crippen LogP contribution in [0.3, 0.4) is 0 Å². The number of hydrogen-bond acceptors (Lipinski definition) is 2. The lowest BCUT2D eigenvalue weighted by Gasteiger charge is -2.05. The zero-order chi connectivity index (χ0) is 14.9. The smallest absolute Gasteiger partial charge is 0.316 e. The summed E-state index contributed by atoms with van der Waals surface area (Å²) in [6.07, 6.45) is -2.89. The van der Waals surface area contributed by atoms with Crippen LogP contribution in [0.4, 0.5) is 13.2 Å². The van der Waals surface area contributed by atoms with Gasteiger partial charge in [0.15, 0.2) is 0 Å². The minimum atomic E-state index is -4.27. The summed E-state index contributed by atoms with van der Waals surface area (Å²) in [6.45, 7) is 8.75. The highest BCUT2D eigenvalue weighted by Gasteiger charge is 2.29. The fourth-order valence-corrected chi connectivity index (χ4v) is 1.71. The van der Waals surface area contributed by atoms with Gasteiger partial charge in [-0.15, -0.1) is 12.6 Å². The van der Waals surface area contributed by atoms with E-state index < -0.39 is 11.7 Å². The Morgan fingerprint density at radius 3 is 2.16 bits per heavy atom. The third-order valence-electron chi connectivity index (χ3n) is 2.48. The molecule has 1 nitrogen and oxygen atoms in total. The third kappa shape index (κ3) is 8.16. The summed E-state index contributed by atoms with van der Waals surface area (Å²) >= 11 is 3.79. The molecular formula is C14H22F3NS. The molecule has 0 spiro atoms. The van der Waals surface area contributed by atoms with Crippen molar-refractivity contribution in [3.63, 3.8) is 0 Å². The van der Waals surface area contributed by atoms with E-state index in [2.05, 4.69) is 24.9 Å². The van der Waals surface area contributed by atoms with E-state index in [9.17, 15) is 13.2 Å². The van der Waals surface area contributed by atoms with Crippen LogP contribution < -0.4 is 5.32 Å². The molecule has 1 N–H and O–H groups in total. The molecule has 1 heterocycles. The lowest BCUT2D eigenvalue weighted by molar-refractivity contribution is -0.137. The van der Waals surface area contributed by atoms with Crippen LogP contribution in [0, 0.1) is 5.92 Å². The van der Waals surface area contributed by atoms with E-state index in [1.807, 2.05) is 13.8 Å². The molecule has 0 aromatic heterocycles. The Morgan fingerprint density at radius 1 is 1.26 bits per heavy atom. The summed E-state index contributed by atoms with van der Waals surface area (Å²) in [4.78, 5) is 0.319. The van der Waals surface area contributed by atoms with Crippen LogP contribution in [0.5, 0.6) is 0 Å². The van der Waals surface area contributed by atoms with Gasteiger partial charge in [0.25, 0.3) is 0 Å². The first-order valence-electron chi connectivity index (χ1n) is 6.46. The van der Waals surface area contributed by atoms with Gasteiger partial charge in [0, 0.05) is 4.90 Å². The van der Waals surface area contributed by atoms with E-state index in [1.54, 1.807) is 0 Å². The van der Waals surface area contributed by atoms with Crippen molar-refractivity contribution in [2.24, 2.45) is 5.92 Å². The molecule has 2 rings (SSSR count). The van der Waals surface area contributed by atoms with Gasteiger partial charge in [-0.05, 0) is 43.6 Å². The molecule has 0 saturated carbocycles. The highest BCUT2D eigenvalue weighted by Crippen LogP contribution is 2.29. The fraction of sp³-hybridized carbons (Fsp3) is 0.571. The molecule has 110 valence electrons. The van der Waals surface area contributed by atoms with Crippen molar-refractivity contribution in [2.45, 2.75) is 38.3 Å². The van der Waals surface area contributed by atoms with Gasteiger partial charge in [-0.1, -0.05) is 26.8 Å². The lowest BCUT2D eigenvalue weighted by atomic mass is 10.2. The van der Waals surface area contributed by atoms with Crippen molar-refractivity contribution in [2.75, 3.05) is 13.1 Å². The van der Waals surface area contributed by atoms with Gasteiger partial charge in [0.2, 0.25) is 0 Å². The normalized spacial score (nSPS) is 17.9. The molecule has 1 fully saturated rings. The molecule has 0 radical (unpaired) electrons. The lowest BCUT2D eigenvalue weighted by Crippen LogP contribution is -2.06. The number of benzene rings is 1. The van der Waals surface area contributed by atoms with Crippen LogP contribution in [0.25, 0.3) is 0 Å². The molecule has 1 aliphatic heterocycles. The maximum absolute atomic E-state index is 11.9. The van der Waals surface area contributed by atoms with E-state index in [-0.39, 0.29) is 0 Å². The molecule has 0 unspecified atom stereocenters. The molecule has 1 atom stereocenters. The maximum atomic E-state index is 11.9. The molecule has 19 heavy (non-hydrogen) atoms. The Labute approximate surface area is 119 Å². The van der Waals surface area contributed by atoms with Gasteiger partial charge in [-0.2, -0.15) is 13.2 Å². The van der Waals surface area contributed by atoms with E-state index in [1.165, 1.54) is 31.6 Å². The van der Waals surface area contributed by atoms with Gasteiger partial charge in [0.1, 0.15) is 0 Å². The van der Waals surface area contributed by atoms with E-state index in [4.69, 9.17) is 0 Å². The van der Waals surface area contributed by atoms with Gasteiger partial charge >= 0.3 is 6.18 Å². The van der Waals surface area contributed by atoms with Crippen molar-refractivity contribution in [3.05, 3.63) is 29.8 Å². The Bertz CT molecular complexity index is 347. The van der Waals surface area contributed by atoms with E-state index in [0.717, 1.165) is 18.1 Å². The first kappa shape index (κ1) is 18.3. The Hall–Kier alpha value is -0.680. The summed E-state index contributed by atoms with van der Waals surface area (Å²) in [6, 6.07) is 4.83. The number of nitrogens with one attached hydrogen (secondary N) is 1. The number of thiol groups is 1. The average molecular weight is 293 g/mol. The monoisotopic (exact) mass is 293 g/mol. The third-order valence-corrected chi connectivity index (χ3v) is 2.76. The van der Waals surface area contributed by atoms with Crippen LogP contribution in [0.15, 0.2) is 29.2 Å². The van der Waals surface area contributed by atoms with Crippen molar-refractivity contribution in [1.82, 2.24) is 5.32 Å². The summed E-state index contributed by atoms with van der Waals surface area (Å²) in [5.41, 5.74) is -0.662. The molecule has 5 heteroatoms. The largest absolute Gasteiger partial charge is 0.416 e. The van der Waals surface area contributed by atoms with Gasteiger partial charge < -0.3 is 5.32 Å². The number of rotatable bonds is 0. The second kappa shape index (κ2) is 9.26. The first-order chi connectivity index (χ1) is 8.89. The highest BCUT2D eigenvalue weighted by molar-refractivity contribution is 7.80. The Balaban J connectivity index is 0.000000341. The maximum Gasteiger partial charge on any atom is 0.416 e. The molecule has 1 saturated heterocycles. The predicted octanol–water partition coefficient (Wildman–Crippen LogP) is 4.64. The van der Waals surface area contributed by atoms with Crippen LogP contribution in [0.1, 0.15) is 32.8 Å². The van der Waals surface area contributed by atoms with Crippen molar-refractivity contribution in [1.29, 1.82) is 0 Å². The topological polar surface area (TPSA) is 12.0 Å². The molecule has 0 bridgehead atoms. The second-order valence-electron chi connectivity index (χ2n) is 4.15. The fourth-order valence-electron chi connectivity index (χ4n) is 1.48. The number of alkyl halides is 3. The number of hydrogen-bond donors (Lipinski definition) is 2. The number of halogens is 3. The first-order valence-corrected chi connectivity index (χ1v) is 6.91. The van der Waals surface area contributed by atoms with Crippen LogP contribution in [0.2, 0.25) is 0 Å². The minimum absolute atomic E-state index is 0.319. The summed E-state index contributed by atoms with van der Waals surface area (Å²) < 4.78 is 35.8. The summed E-state index contributed by atoms with van der Waals surface area (Å²) in [7, 11) is 0. The minimum Gasteiger partial charge on any atom is -0.316 e. The Morgan fingerprint density at radius 2 is 1.89 bits per heavy atom. The average Bonchev–Trinajstić information content (AvgIpc) is 2.83. The molecule has 1 aliphatic rings. The van der Waals surface area contributed by atoms with Crippen LogP contribution in [-0.2, 0) is 6.18 Å². The molecule has 0 aliphatic carbocycles. The van der Waals surface area contributed by atoms with Crippen molar-refractivity contribution < 1.29 is 13.2 Å². The molecule has 1 aromatic rings. The highest BCUT2D eigenvalue weighted by atomic mass is 32.1. The zero-order valence-corrected chi connectivity index (χ0v) is 12.5. The Kier molecular flexibility index (Phi) is 8.93. The molecule has 0 amide bonds. The van der Waals surface area contributed by atoms with Crippen molar-refractivity contribution in [3.8, 4) is 0 Å². The predicted molar refractivity (Wildman–Crippen MR) is 76.7 cm³/mol. The van der Waals surface area contributed by atoms with E-state index >= 15 is 0 Å². The van der Waals surface area contributed by atoms with Gasteiger partial charge in [0.05, 0.1) is 5.56 Å². The van der Waals surface area contributed by atoms with Gasteiger partial charge in [-0.25, -0.2) is 0 Å². The van der Waals surface area contributed by atoms with Gasteiger partial charge in [-0.3, -0.25) is 0 Å². The standard InChI is InChI=1S/C7H5F3S.C5H11N.C2H6/c8-7(9,10)5-2-1-3-6(11)4-5;1-5-2-3-6-4-5;1-2/h1-4,11H;5-6H,2-4H2,1H3;1-2H3/t;5-;/m.0./s1. The summed E-state index contributed by atoms with van der Waals surface area (Å²) in [5, 5.41) is 3.27. The SMILES string of the molecule is CC.C[C@H]1CCNC1.FC(F)(F)c1cccc(S)c1. The second-order valence-corrected chi connectivity index (χ2v) is 4.66. The quantitative estimate of drug-likeness (QED) is 0.664.